The summed E-state index contributed by atoms with van der Waals surface area (Å²) in [6, 6.07) is 10.0. The zero-order chi connectivity index (χ0) is 16.7. The molecule has 3 aromatic rings. The molecule has 0 saturated heterocycles. The minimum absolute atomic E-state index is 0.0158. The number of rotatable bonds is 4. The van der Waals surface area contributed by atoms with Crippen LogP contribution in [0.15, 0.2) is 36.5 Å². The fourth-order valence-electron chi connectivity index (χ4n) is 2.92. The zero-order valence-corrected chi connectivity index (χ0v) is 13.9. The maximum Gasteiger partial charge on any atom is 0.252 e. The maximum absolute atomic E-state index is 12.7. The molecule has 0 atom stereocenters. The van der Waals surface area contributed by atoms with Crippen molar-refractivity contribution in [3.05, 3.63) is 47.8 Å². The topological polar surface area (TPSA) is 59.8 Å². The van der Waals surface area contributed by atoms with Gasteiger partial charge in [-0.1, -0.05) is 18.2 Å². The summed E-state index contributed by atoms with van der Waals surface area (Å²) in [6.45, 7) is 4.84. The lowest BCUT2D eigenvalue weighted by Gasteiger charge is -2.09. The minimum Gasteiger partial charge on any atom is -0.349 e. The zero-order valence-electron chi connectivity index (χ0n) is 13.9. The molecule has 1 aliphatic rings. The molecule has 122 valence electrons. The molecule has 24 heavy (non-hydrogen) atoms. The summed E-state index contributed by atoms with van der Waals surface area (Å²) in [4.78, 5) is 17.4. The standard InChI is InChI=1S/C19H20N4O/c1-3-23-11-16(12(2)22-23)18-10-15(19(24)20-13-8-9-13)14-6-4-5-7-17(14)21-18/h4-7,10-11,13H,3,8-9H2,1-2H3,(H,20,24). The number of aromatic nitrogens is 3. The van der Waals surface area contributed by atoms with E-state index in [-0.39, 0.29) is 5.91 Å². The van der Waals surface area contributed by atoms with Crippen LogP contribution in [0, 0.1) is 6.92 Å². The van der Waals surface area contributed by atoms with E-state index in [0.29, 0.717) is 11.6 Å². The summed E-state index contributed by atoms with van der Waals surface area (Å²) in [5.74, 6) is -0.0158. The Morgan fingerprint density at radius 1 is 1.33 bits per heavy atom. The first-order valence-corrected chi connectivity index (χ1v) is 8.41. The van der Waals surface area contributed by atoms with Crippen LogP contribution in [0.3, 0.4) is 0 Å². The highest BCUT2D eigenvalue weighted by Gasteiger charge is 2.25. The van der Waals surface area contributed by atoms with E-state index in [1.807, 2.05) is 48.1 Å². The van der Waals surface area contributed by atoms with Crippen molar-refractivity contribution in [3.8, 4) is 11.3 Å². The van der Waals surface area contributed by atoms with Gasteiger partial charge in [0.1, 0.15) is 0 Å². The number of hydrogen-bond acceptors (Lipinski definition) is 3. The molecule has 0 bridgehead atoms. The summed E-state index contributed by atoms with van der Waals surface area (Å²) in [6.07, 6.45) is 4.14. The van der Waals surface area contributed by atoms with Gasteiger partial charge in [0.2, 0.25) is 0 Å². The number of nitrogens with zero attached hydrogens (tertiary/aromatic N) is 3. The van der Waals surface area contributed by atoms with Crippen molar-refractivity contribution in [3.63, 3.8) is 0 Å². The second kappa shape index (κ2) is 5.74. The van der Waals surface area contributed by atoms with Crippen molar-refractivity contribution in [2.75, 3.05) is 0 Å². The Hall–Kier alpha value is -2.69. The van der Waals surface area contributed by atoms with E-state index < -0.39 is 0 Å². The van der Waals surface area contributed by atoms with Crippen LogP contribution in [-0.2, 0) is 6.54 Å². The second-order valence-corrected chi connectivity index (χ2v) is 6.30. The highest BCUT2D eigenvalue weighted by molar-refractivity contribution is 6.07. The van der Waals surface area contributed by atoms with Crippen molar-refractivity contribution in [2.24, 2.45) is 0 Å². The number of pyridine rings is 1. The summed E-state index contributed by atoms with van der Waals surface area (Å²) in [7, 11) is 0. The average molecular weight is 320 g/mol. The molecule has 0 aliphatic heterocycles. The SMILES string of the molecule is CCn1cc(-c2cc(C(=O)NC3CC3)c3ccccc3n2)c(C)n1. The molecule has 1 saturated carbocycles. The van der Waals surface area contributed by atoms with Gasteiger partial charge < -0.3 is 5.32 Å². The van der Waals surface area contributed by atoms with Gasteiger partial charge in [-0.25, -0.2) is 4.98 Å². The van der Waals surface area contributed by atoms with Gasteiger partial charge in [-0.3, -0.25) is 9.48 Å². The Bertz CT molecular complexity index is 924. The van der Waals surface area contributed by atoms with Gasteiger partial charge in [0.15, 0.2) is 0 Å². The van der Waals surface area contributed by atoms with Crippen LogP contribution < -0.4 is 5.32 Å². The third-order valence-electron chi connectivity index (χ3n) is 4.42. The number of carbonyl (C=O) groups excluding carboxylic acids is 1. The highest BCUT2D eigenvalue weighted by Crippen LogP contribution is 2.27. The Morgan fingerprint density at radius 3 is 2.83 bits per heavy atom. The largest absolute Gasteiger partial charge is 0.349 e. The number of carbonyl (C=O) groups is 1. The first kappa shape index (κ1) is 14.9. The van der Waals surface area contributed by atoms with Gasteiger partial charge in [-0.2, -0.15) is 5.10 Å². The van der Waals surface area contributed by atoms with Gasteiger partial charge in [0.25, 0.3) is 5.91 Å². The number of para-hydroxylation sites is 1. The third kappa shape index (κ3) is 2.66. The van der Waals surface area contributed by atoms with Crippen molar-refractivity contribution in [2.45, 2.75) is 39.3 Å². The van der Waals surface area contributed by atoms with Crippen molar-refractivity contribution in [1.82, 2.24) is 20.1 Å². The van der Waals surface area contributed by atoms with Crippen LogP contribution in [0.5, 0.6) is 0 Å². The van der Waals surface area contributed by atoms with E-state index in [1.165, 1.54) is 0 Å². The number of aryl methyl sites for hydroxylation is 2. The van der Waals surface area contributed by atoms with Crippen LogP contribution in [0.2, 0.25) is 0 Å². The normalized spacial score (nSPS) is 14.1. The second-order valence-electron chi connectivity index (χ2n) is 6.30. The first-order valence-electron chi connectivity index (χ1n) is 8.41. The van der Waals surface area contributed by atoms with Gasteiger partial charge in [-0.05, 0) is 38.8 Å². The number of nitrogens with one attached hydrogen (secondary N) is 1. The fourth-order valence-corrected chi connectivity index (χ4v) is 2.92. The van der Waals surface area contributed by atoms with E-state index in [9.17, 15) is 4.79 Å². The monoisotopic (exact) mass is 320 g/mol. The molecule has 4 rings (SSSR count). The number of hydrogen-bond donors (Lipinski definition) is 1. The van der Waals surface area contributed by atoms with Crippen molar-refractivity contribution >= 4 is 16.8 Å². The molecule has 0 radical (unpaired) electrons. The summed E-state index contributed by atoms with van der Waals surface area (Å²) in [5.41, 5.74) is 4.22. The van der Waals surface area contributed by atoms with Crippen LogP contribution >= 0.6 is 0 Å². The molecule has 0 unspecified atom stereocenters. The third-order valence-corrected chi connectivity index (χ3v) is 4.42. The maximum atomic E-state index is 12.7. The Morgan fingerprint density at radius 2 is 2.12 bits per heavy atom. The van der Waals surface area contributed by atoms with E-state index in [2.05, 4.69) is 17.3 Å². The molecule has 1 N–H and O–H groups in total. The van der Waals surface area contributed by atoms with E-state index >= 15 is 0 Å². The molecule has 1 fully saturated rings. The molecule has 5 heteroatoms. The lowest BCUT2D eigenvalue weighted by atomic mass is 10.0. The van der Waals surface area contributed by atoms with Gasteiger partial charge in [-0.15, -0.1) is 0 Å². The van der Waals surface area contributed by atoms with Gasteiger partial charge in [0.05, 0.1) is 22.5 Å². The quantitative estimate of drug-likeness (QED) is 0.802. The smallest absolute Gasteiger partial charge is 0.252 e. The summed E-state index contributed by atoms with van der Waals surface area (Å²) in [5, 5.41) is 8.47. The number of amides is 1. The van der Waals surface area contributed by atoms with E-state index in [0.717, 1.165) is 47.2 Å². The van der Waals surface area contributed by atoms with Gasteiger partial charge >= 0.3 is 0 Å². The highest BCUT2D eigenvalue weighted by atomic mass is 16.1. The Labute approximate surface area is 140 Å². The summed E-state index contributed by atoms with van der Waals surface area (Å²) >= 11 is 0. The average Bonchev–Trinajstić information content (AvgIpc) is 3.33. The summed E-state index contributed by atoms with van der Waals surface area (Å²) < 4.78 is 1.89. The molecular weight excluding hydrogens is 300 g/mol. The molecule has 1 amide bonds. The first-order chi connectivity index (χ1) is 11.7. The molecule has 1 aromatic carbocycles. The van der Waals surface area contributed by atoms with Gasteiger partial charge in [0, 0.05) is 29.7 Å². The van der Waals surface area contributed by atoms with E-state index in [1.54, 1.807) is 0 Å². The molecule has 0 spiro atoms. The molecule has 5 nitrogen and oxygen atoms in total. The fraction of sp³-hybridized carbons (Fsp3) is 0.316. The van der Waals surface area contributed by atoms with Crippen LogP contribution in [-0.4, -0.2) is 26.7 Å². The lowest BCUT2D eigenvalue weighted by molar-refractivity contribution is 0.0952. The van der Waals surface area contributed by atoms with Crippen molar-refractivity contribution in [1.29, 1.82) is 0 Å². The van der Waals surface area contributed by atoms with E-state index in [4.69, 9.17) is 4.98 Å². The molecular formula is C19H20N4O. The number of benzene rings is 1. The van der Waals surface area contributed by atoms with Crippen molar-refractivity contribution < 1.29 is 4.79 Å². The molecule has 2 aromatic heterocycles. The Balaban J connectivity index is 1.86. The molecule has 2 heterocycles. The predicted molar refractivity (Wildman–Crippen MR) is 93.9 cm³/mol. The van der Waals surface area contributed by atoms with Crippen LogP contribution in [0.1, 0.15) is 35.8 Å². The lowest BCUT2D eigenvalue weighted by Crippen LogP contribution is -2.25. The molecule has 1 aliphatic carbocycles. The number of fused-ring (bicyclic) bond motifs is 1. The Kier molecular flexibility index (Phi) is 3.56. The van der Waals surface area contributed by atoms with Crippen LogP contribution in [0.25, 0.3) is 22.2 Å². The minimum atomic E-state index is -0.0158. The predicted octanol–water partition coefficient (Wildman–Crippen LogP) is 3.32. The van der Waals surface area contributed by atoms with Crippen LogP contribution in [0.4, 0.5) is 0 Å².